The van der Waals surface area contributed by atoms with E-state index < -0.39 is 5.97 Å². The smallest absolute Gasteiger partial charge is 0.346 e. The fourth-order valence-electron chi connectivity index (χ4n) is 1.47. The first-order valence-corrected chi connectivity index (χ1v) is 6.54. The van der Waals surface area contributed by atoms with Crippen molar-refractivity contribution in [3.8, 4) is 0 Å². The molecule has 0 spiro atoms. The van der Waals surface area contributed by atoms with E-state index in [1.54, 1.807) is 14.0 Å². The summed E-state index contributed by atoms with van der Waals surface area (Å²) >= 11 is 2.60. The number of carbonyl (C=O) groups is 1. The van der Waals surface area contributed by atoms with Crippen LogP contribution in [0.4, 0.5) is 0 Å². The van der Waals surface area contributed by atoms with E-state index in [4.69, 9.17) is 9.84 Å². The predicted octanol–water partition coefficient (Wildman–Crippen LogP) is 2.39. The highest BCUT2D eigenvalue weighted by atomic mass is 32.2. The zero-order valence-electron chi connectivity index (χ0n) is 9.26. The molecule has 0 radical (unpaired) electrons. The van der Waals surface area contributed by atoms with Gasteiger partial charge in [0.2, 0.25) is 0 Å². The Bertz CT molecular complexity index is 568. The van der Waals surface area contributed by atoms with Crippen LogP contribution in [0.15, 0.2) is 11.4 Å². The summed E-state index contributed by atoms with van der Waals surface area (Å²) in [6, 6.07) is 0. The largest absolute Gasteiger partial charge is 0.477 e. The molecule has 2 aromatic rings. The highest BCUT2D eigenvalue weighted by Gasteiger charge is 2.18. The molecule has 0 unspecified atom stereocenters. The van der Waals surface area contributed by atoms with Crippen LogP contribution in [0, 0.1) is 6.92 Å². The Morgan fingerprint density at radius 2 is 2.35 bits per heavy atom. The van der Waals surface area contributed by atoms with Crippen LogP contribution in [-0.2, 0) is 4.74 Å². The Kier molecular flexibility index (Phi) is 3.60. The maximum Gasteiger partial charge on any atom is 0.346 e. The molecule has 0 saturated heterocycles. The van der Waals surface area contributed by atoms with Crippen molar-refractivity contribution in [2.45, 2.75) is 11.9 Å². The molecule has 2 heterocycles. The molecule has 17 heavy (non-hydrogen) atoms. The van der Waals surface area contributed by atoms with Crippen LogP contribution in [0.25, 0.3) is 10.2 Å². The number of thioether (sulfide) groups is 1. The zero-order valence-corrected chi connectivity index (χ0v) is 10.9. The van der Waals surface area contributed by atoms with Crippen molar-refractivity contribution >= 4 is 39.3 Å². The number of aromatic nitrogens is 2. The van der Waals surface area contributed by atoms with Gasteiger partial charge in [0.05, 0.1) is 5.94 Å². The van der Waals surface area contributed by atoms with Gasteiger partial charge in [0, 0.05) is 12.5 Å². The average Bonchev–Trinajstić information content (AvgIpc) is 2.65. The average molecular weight is 270 g/mol. The Labute approximate surface area is 106 Å². The maximum absolute atomic E-state index is 11.0. The summed E-state index contributed by atoms with van der Waals surface area (Å²) < 4.78 is 4.98. The van der Waals surface area contributed by atoms with Crippen molar-refractivity contribution < 1.29 is 14.6 Å². The van der Waals surface area contributed by atoms with Crippen molar-refractivity contribution in [2.75, 3.05) is 13.0 Å². The number of aryl methyl sites for hydroxylation is 1. The molecule has 0 aliphatic carbocycles. The van der Waals surface area contributed by atoms with Gasteiger partial charge in [-0.1, -0.05) is 11.8 Å². The third-order valence-corrected chi connectivity index (χ3v) is 4.32. The first kappa shape index (κ1) is 12.3. The predicted molar refractivity (Wildman–Crippen MR) is 66.8 cm³/mol. The van der Waals surface area contributed by atoms with E-state index in [-0.39, 0.29) is 0 Å². The summed E-state index contributed by atoms with van der Waals surface area (Å²) in [7, 11) is 1.61. The lowest BCUT2D eigenvalue weighted by atomic mass is 10.2. The molecule has 7 heteroatoms. The molecule has 2 rings (SSSR count). The SMILES string of the molecule is COCSc1ncnc2sc(C(=O)O)c(C)c12. The second-order valence-corrected chi connectivity index (χ2v) is 5.18. The number of methoxy groups -OCH3 is 1. The first-order chi connectivity index (χ1) is 8.15. The van der Waals surface area contributed by atoms with Crippen LogP contribution in [0.2, 0.25) is 0 Å². The number of carboxylic acid groups (broad SMARTS) is 1. The number of carboxylic acids is 1. The Morgan fingerprint density at radius 3 is 3.00 bits per heavy atom. The van der Waals surface area contributed by atoms with Crippen molar-refractivity contribution in [1.82, 2.24) is 9.97 Å². The van der Waals surface area contributed by atoms with E-state index in [1.807, 2.05) is 0 Å². The topological polar surface area (TPSA) is 72.3 Å². The van der Waals surface area contributed by atoms with Gasteiger partial charge in [-0.25, -0.2) is 14.8 Å². The Hall–Kier alpha value is -1.18. The quantitative estimate of drug-likeness (QED) is 0.522. The molecule has 0 amide bonds. The number of thiophene rings is 1. The summed E-state index contributed by atoms with van der Waals surface area (Å²) in [5.41, 5.74) is 0.719. The zero-order chi connectivity index (χ0) is 12.4. The lowest BCUT2D eigenvalue weighted by Gasteiger charge is -2.01. The van der Waals surface area contributed by atoms with Gasteiger partial charge in [-0.3, -0.25) is 0 Å². The second kappa shape index (κ2) is 4.99. The summed E-state index contributed by atoms with van der Waals surface area (Å²) in [6.07, 6.45) is 1.45. The van der Waals surface area contributed by atoms with Gasteiger partial charge in [-0.2, -0.15) is 0 Å². The fraction of sp³-hybridized carbons (Fsp3) is 0.300. The molecule has 0 bridgehead atoms. The van der Waals surface area contributed by atoms with E-state index >= 15 is 0 Å². The van der Waals surface area contributed by atoms with Crippen LogP contribution < -0.4 is 0 Å². The van der Waals surface area contributed by atoms with E-state index in [0.29, 0.717) is 15.6 Å². The minimum atomic E-state index is -0.923. The van der Waals surface area contributed by atoms with Crippen molar-refractivity contribution in [2.24, 2.45) is 0 Å². The lowest BCUT2D eigenvalue weighted by molar-refractivity contribution is 0.0701. The van der Waals surface area contributed by atoms with Crippen molar-refractivity contribution in [1.29, 1.82) is 0 Å². The number of rotatable bonds is 4. The van der Waals surface area contributed by atoms with Gasteiger partial charge in [0.1, 0.15) is 21.1 Å². The van der Waals surface area contributed by atoms with Gasteiger partial charge < -0.3 is 9.84 Å². The van der Waals surface area contributed by atoms with Crippen LogP contribution in [-0.4, -0.2) is 34.1 Å². The molecule has 1 N–H and O–H groups in total. The lowest BCUT2D eigenvalue weighted by Crippen LogP contribution is -1.94. The molecule has 2 aromatic heterocycles. The number of hydrogen-bond acceptors (Lipinski definition) is 6. The third-order valence-electron chi connectivity index (χ3n) is 2.20. The number of ether oxygens (including phenoxy) is 1. The van der Waals surface area contributed by atoms with Gasteiger partial charge in [0.25, 0.3) is 0 Å². The minimum absolute atomic E-state index is 0.319. The Morgan fingerprint density at radius 1 is 1.59 bits per heavy atom. The second-order valence-electron chi connectivity index (χ2n) is 3.27. The molecule has 0 aliphatic rings. The normalized spacial score (nSPS) is 10.9. The van der Waals surface area contributed by atoms with Gasteiger partial charge >= 0.3 is 5.97 Å². The molecule has 0 atom stereocenters. The van der Waals surface area contributed by atoms with Crippen LogP contribution in [0.5, 0.6) is 0 Å². The van der Waals surface area contributed by atoms with Crippen LogP contribution in [0.3, 0.4) is 0 Å². The first-order valence-electron chi connectivity index (χ1n) is 4.74. The number of hydrogen-bond donors (Lipinski definition) is 1. The molecule has 0 aromatic carbocycles. The Balaban J connectivity index is 2.58. The summed E-state index contributed by atoms with van der Waals surface area (Å²) in [6.45, 7) is 1.78. The van der Waals surface area contributed by atoms with Crippen LogP contribution in [0.1, 0.15) is 15.2 Å². The molecular weight excluding hydrogens is 260 g/mol. The van der Waals surface area contributed by atoms with Gasteiger partial charge in [0.15, 0.2) is 0 Å². The fourth-order valence-corrected chi connectivity index (χ4v) is 3.26. The van der Waals surface area contributed by atoms with E-state index in [2.05, 4.69) is 9.97 Å². The maximum atomic E-state index is 11.0. The molecule has 90 valence electrons. The monoisotopic (exact) mass is 270 g/mol. The van der Waals surface area contributed by atoms with Gasteiger partial charge in [-0.15, -0.1) is 11.3 Å². The molecule has 0 saturated carbocycles. The van der Waals surface area contributed by atoms with E-state index in [9.17, 15) is 4.79 Å². The van der Waals surface area contributed by atoms with Crippen LogP contribution >= 0.6 is 23.1 Å². The molecule has 0 fully saturated rings. The highest BCUT2D eigenvalue weighted by Crippen LogP contribution is 2.34. The summed E-state index contributed by atoms with van der Waals surface area (Å²) in [5.74, 6) is -0.447. The standard InChI is InChI=1S/C10H10N2O3S2/c1-5-6-8(16-4-15-2)11-3-12-9(6)17-7(5)10(13)14/h3H,4H2,1-2H3,(H,13,14). The van der Waals surface area contributed by atoms with Crippen molar-refractivity contribution in [3.05, 3.63) is 16.8 Å². The highest BCUT2D eigenvalue weighted by molar-refractivity contribution is 7.99. The molecular formula is C10H10N2O3S2. The van der Waals surface area contributed by atoms with Crippen molar-refractivity contribution in [3.63, 3.8) is 0 Å². The van der Waals surface area contributed by atoms with Gasteiger partial charge in [-0.05, 0) is 12.5 Å². The molecule has 5 nitrogen and oxygen atoms in total. The van der Waals surface area contributed by atoms with E-state index in [0.717, 1.165) is 16.0 Å². The number of nitrogens with zero attached hydrogens (tertiary/aromatic N) is 2. The number of fused-ring (bicyclic) bond motifs is 1. The number of aromatic carboxylic acids is 1. The summed E-state index contributed by atoms with van der Waals surface area (Å²) in [4.78, 5) is 20.3. The third kappa shape index (κ3) is 2.26. The minimum Gasteiger partial charge on any atom is -0.477 e. The van der Waals surface area contributed by atoms with E-state index in [1.165, 1.54) is 29.4 Å². The molecule has 0 aliphatic heterocycles. The summed E-state index contributed by atoms with van der Waals surface area (Å²) in [5, 5.41) is 10.6.